The van der Waals surface area contributed by atoms with E-state index in [2.05, 4.69) is 0 Å². The quantitative estimate of drug-likeness (QED) is 0.669. The van der Waals surface area contributed by atoms with Gasteiger partial charge in [-0.25, -0.2) is 0 Å². The molecular weight excluding hydrogens is 252 g/mol. The van der Waals surface area contributed by atoms with Gasteiger partial charge in [0.25, 0.3) is 0 Å². The summed E-state index contributed by atoms with van der Waals surface area (Å²) >= 11 is 0. The molecule has 0 saturated carbocycles. The number of ether oxygens (including phenoxy) is 2. The van der Waals surface area contributed by atoms with E-state index in [0.717, 1.165) is 29.7 Å². The zero-order valence-electron chi connectivity index (χ0n) is 11.3. The Labute approximate surface area is 118 Å². The minimum atomic E-state index is -0.312. The molecule has 1 aliphatic carbocycles. The minimum absolute atomic E-state index is 0.232. The third kappa shape index (κ3) is 3.00. The molecule has 104 valence electrons. The summed E-state index contributed by atoms with van der Waals surface area (Å²) in [5.41, 5.74) is 3.34. The molecule has 0 fully saturated rings. The topological polar surface area (TPSA) is 38.7 Å². The van der Waals surface area contributed by atoms with Crippen LogP contribution in [0.2, 0.25) is 0 Å². The van der Waals surface area contributed by atoms with Crippen molar-refractivity contribution >= 4 is 0 Å². The summed E-state index contributed by atoms with van der Waals surface area (Å²) in [6.07, 6.45) is 1.41. The van der Waals surface area contributed by atoms with Crippen molar-refractivity contribution in [1.29, 1.82) is 0 Å². The van der Waals surface area contributed by atoms with Crippen LogP contribution in [0.3, 0.4) is 0 Å². The number of hydrogen-bond acceptors (Lipinski definition) is 3. The largest absolute Gasteiger partial charge is 0.468 e. The van der Waals surface area contributed by atoms with Gasteiger partial charge in [-0.2, -0.15) is 0 Å². The summed E-state index contributed by atoms with van der Waals surface area (Å²) < 4.78 is 11.1. The van der Waals surface area contributed by atoms with E-state index in [4.69, 9.17) is 9.47 Å². The van der Waals surface area contributed by atoms with Gasteiger partial charge in [-0.1, -0.05) is 36.4 Å². The standard InChI is InChI=1S/C17H18O3/c18-17-9-6-14-10-15(7-8-16(14)17)20-12-19-11-13-4-2-1-3-5-13/h1-5,7-8,10,17-18H,6,9,11-12H2. The van der Waals surface area contributed by atoms with Crippen LogP contribution in [0.4, 0.5) is 0 Å². The van der Waals surface area contributed by atoms with E-state index in [1.165, 1.54) is 5.56 Å². The van der Waals surface area contributed by atoms with Crippen molar-refractivity contribution < 1.29 is 14.6 Å². The number of fused-ring (bicyclic) bond motifs is 1. The molecule has 3 heteroatoms. The van der Waals surface area contributed by atoms with Crippen LogP contribution in [0.1, 0.15) is 29.2 Å². The van der Waals surface area contributed by atoms with E-state index in [9.17, 15) is 5.11 Å². The summed E-state index contributed by atoms with van der Waals surface area (Å²) in [5, 5.41) is 9.75. The molecule has 3 nitrogen and oxygen atoms in total. The Bertz CT molecular complexity index is 566. The lowest BCUT2D eigenvalue weighted by Gasteiger charge is -2.09. The summed E-state index contributed by atoms with van der Waals surface area (Å²) in [6, 6.07) is 15.8. The first-order valence-electron chi connectivity index (χ1n) is 6.88. The highest BCUT2D eigenvalue weighted by Gasteiger charge is 2.20. The predicted molar refractivity (Wildman–Crippen MR) is 76.4 cm³/mol. The lowest BCUT2D eigenvalue weighted by Crippen LogP contribution is -2.03. The van der Waals surface area contributed by atoms with Gasteiger partial charge >= 0.3 is 0 Å². The zero-order chi connectivity index (χ0) is 13.8. The van der Waals surface area contributed by atoms with Crippen molar-refractivity contribution in [3.8, 4) is 5.75 Å². The summed E-state index contributed by atoms with van der Waals surface area (Å²) in [7, 11) is 0. The van der Waals surface area contributed by atoms with Crippen LogP contribution >= 0.6 is 0 Å². The van der Waals surface area contributed by atoms with E-state index in [0.29, 0.717) is 6.61 Å². The Morgan fingerprint density at radius 2 is 1.95 bits per heavy atom. The number of aryl methyl sites for hydroxylation is 1. The normalized spacial score (nSPS) is 16.9. The highest BCUT2D eigenvalue weighted by Crippen LogP contribution is 2.33. The number of benzene rings is 2. The molecule has 20 heavy (non-hydrogen) atoms. The third-order valence-electron chi connectivity index (χ3n) is 3.58. The Hall–Kier alpha value is -1.84. The van der Waals surface area contributed by atoms with Gasteiger partial charge < -0.3 is 14.6 Å². The lowest BCUT2D eigenvalue weighted by molar-refractivity contribution is 0.00501. The zero-order valence-corrected chi connectivity index (χ0v) is 11.3. The maximum Gasteiger partial charge on any atom is 0.189 e. The smallest absolute Gasteiger partial charge is 0.189 e. The summed E-state index contributed by atoms with van der Waals surface area (Å²) in [6.45, 7) is 0.779. The van der Waals surface area contributed by atoms with E-state index >= 15 is 0 Å². The number of aliphatic hydroxyl groups excluding tert-OH is 1. The van der Waals surface area contributed by atoms with Crippen LogP contribution in [0.15, 0.2) is 48.5 Å². The van der Waals surface area contributed by atoms with Gasteiger partial charge in [0.1, 0.15) is 5.75 Å². The highest BCUT2D eigenvalue weighted by molar-refractivity contribution is 5.39. The molecule has 0 saturated heterocycles. The predicted octanol–water partition coefficient (Wildman–Crippen LogP) is 3.22. The monoisotopic (exact) mass is 270 g/mol. The molecule has 0 amide bonds. The van der Waals surface area contributed by atoms with E-state index in [1.54, 1.807) is 0 Å². The maximum absolute atomic E-state index is 9.75. The van der Waals surface area contributed by atoms with Crippen LogP contribution in [0.5, 0.6) is 5.75 Å². The average Bonchev–Trinajstić information content (AvgIpc) is 2.86. The third-order valence-corrected chi connectivity index (χ3v) is 3.58. The van der Waals surface area contributed by atoms with Crippen molar-refractivity contribution in [2.24, 2.45) is 0 Å². The lowest BCUT2D eigenvalue weighted by atomic mass is 10.1. The second-order valence-corrected chi connectivity index (χ2v) is 5.01. The van der Waals surface area contributed by atoms with Gasteiger partial charge in [-0.15, -0.1) is 0 Å². The molecule has 1 N–H and O–H groups in total. The van der Waals surface area contributed by atoms with Crippen LogP contribution in [-0.4, -0.2) is 11.9 Å². The molecule has 0 radical (unpaired) electrons. The van der Waals surface area contributed by atoms with Gasteiger partial charge in [-0.3, -0.25) is 0 Å². The molecule has 0 heterocycles. The molecule has 3 rings (SSSR count). The molecule has 0 bridgehead atoms. The fourth-order valence-electron chi connectivity index (χ4n) is 2.50. The number of aliphatic hydroxyl groups is 1. The second-order valence-electron chi connectivity index (χ2n) is 5.01. The second kappa shape index (κ2) is 6.07. The van der Waals surface area contributed by atoms with Crippen LogP contribution in [0.25, 0.3) is 0 Å². The summed E-state index contributed by atoms with van der Waals surface area (Å²) in [4.78, 5) is 0. The Morgan fingerprint density at radius 3 is 2.80 bits per heavy atom. The van der Waals surface area contributed by atoms with Gasteiger partial charge in [0.05, 0.1) is 12.7 Å². The first-order chi connectivity index (χ1) is 9.83. The minimum Gasteiger partial charge on any atom is -0.468 e. The maximum atomic E-state index is 9.75. The van der Waals surface area contributed by atoms with Gasteiger partial charge in [0.2, 0.25) is 0 Å². The molecule has 0 spiro atoms. The molecular formula is C17H18O3. The molecule has 0 aromatic heterocycles. The Balaban J connectivity index is 1.50. The molecule has 1 unspecified atom stereocenters. The Kier molecular flexibility index (Phi) is 4.00. The van der Waals surface area contributed by atoms with Crippen LogP contribution in [-0.2, 0) is 17.8 Å². The molecule has 0 aliphatic heterocycles. The molecule has 1 atom stereocenters. The number of hydrogen-bond donors (Lipinski definition) is 1. The summed E-state index contributed by atoms with van der Waals surface area (Å²) in [5.74, 6) is 0.797. The molecule has 1 aliphatic rings. The van der Waals surface area contributed by atoms with Gasteiger partial charge in [-0.05, 0) is 41.7 Å². The van der Waals surface area contributed by atoms with Crippen LogP contribution in [0, 0.1) is 0 Å². The van der Waals surface area contributed by atoms with Gasteiger partial charge in [0.15, 0.2) is 6.79 Å². The molecule has 2 aromatic carbocycles. The van der Waals surface area contributed by atoms with E-state index in [1.807, 2.05) is 48.5 Å². The van der Waals surface area contributed by atoms with E-state index < -0.39 is 0 Å². The first kappa shape index (κ1) is 13.2. The fourth-order valence-corrected chi connectivity index (χ4v) is 2.50. The Morgan fingerprint density at radius 1 is 1.10 bits per heavy atom. The van der Waals surface area contributed by atoms with Crippen molar-refractivity contribution in [2.45, 2.75) is 25.6 Å². The van der Waals surface area contributed by atoms with Gasteiger partial charge in [0, 0.05) is 0 Å². The SMILES string of the molecule is OC1CCc2cc(OCOCc3ccccc3)ccc21. The van der Waals surface area contributed by atoms with Crippen LogP contribution < -0.4 is 4.74 Å². The molecule has 2 aromatic rings. The van der Waals surface area contributed by atoms with E-state index in [-0.39, 0.29) is 12.9 Å². The van der Waals surface area contributed by atoms with Crippen molar-refractivity contribution in [2.75, 3.05) is 6.79 Å². The van der Waals surface area contributed by atoms with Crippen molar-refractivity contribution in [3.63, 3.8) is 0 Å². The highest BCUT2D eigenvalue weighted by atomic mass is 16.7. The average molecular weight is 270 g/mol. The number of rotatable bonds is 5. The first-order valence-corrected chi connectivity index (χ1v) is 6.88. The van der Waals surface area contributed by atoms with Crippen molar-refractivity contribution in [3.05, 3.63) is 65.2 Å². The fraction of sp³-hybridized carbons (Fsp3) is 0.294. The van der Waals surface area contributed by atoms with Crippen molar-refractivity contribution in [1.82, 2.24) is 0 Å².